The van der Waals surface area contributed by atoms with E-state index in [9.17, 15) is 4.79 Å². The molecule has 0 aliphatic heterocycles. The number of aromatic nitrogens is 4. The van der Waals surface area contributed by atoms with Crippen LogP contribution in [0.1, 0.15) is 41.3 Å². The third-order valence-electron chi connectivity index (χ3n) is 5.30. The van der Waals surface area contributed by atoms with E-state index in [0.717, 1.165) is 29.9 Å². The molecule has 134 valence electrons. The zero-order chi connectivity index (χ0) is 18.1. The molecule has 2 heterocycles. The van der Waals surface area contributed by atoms with Crippen molar-refractivity contribution >= 4 is 11.7 Å². The highest BCUT2D eigenvalue weighted by Gasteiger charge is 2.37. The molecule has 6 heteroatoms. The van der Waals surface area contributed by atoms with Gasteiger partial charge in [0, 0.05) is 24.4 Å². The Bertz CT molecular complexity index is 934. The molecule has 6 nitrogen and oxygen atoms in total. The predicted molar refractivity (Wildman–Crippen MR) is 98.9 cm³/mol. The van der Waals surface area contributed by atoms with E-state index in [1.54, 1.807) is 4.52 Å². The van der Waals surface area contributed by atoms with Gasteiger partial charge in [0.15, 0.2) is 0 Å². The van der Waals surface area contributed by atoms with Gasteiger partial charge in [-0.15, -0.1) is 0 Å². The molecule has 4 rings (SSSR count). The first-order chi connectivity index (χ1) is 12.6. The number of rotatable bonds is 6. The Morgan fingerprint density at radius 1 is 1.27 bits per heavy atom. The van der Waals surface area contributed by atoms with E-state index in [4.69, 9.17) is 0 Å². The van der Waals surface area contributed by atoms with Crippen LogP contribution < -0.4 is 5.32 Å². The summed E-state index contributed by atoms with van der Waals surface area (Å²) in [7, 11) is 0. The molecule has 1 amide bonds. The van der Waals surface area contributed by atoms with Crippen molar-refractivity contribution in [3.63, 3.8) is 0 Å². The highest BCUT2D eigenvalue weighted by Crippen LogP contribution is 2.46. The Morgan fingerprint density at radius 3 is 2.88 bits per heavy atom. The van der Waals surface area contributed by atoms with Crippen molar-refractivity contribution in [2.24, 2.45) is 5.92 Å². The lowest BCUT2D eigenvalue weighted by Gasteiger charge is -2.10. The van der Waals surface area contributed by atoms with Crippen molar-refractivity contribution in [3.8, 4) is 0 Å². The van der Waals surface area contributed by atoms with Crippen molar-refractivity contribution in [3.05, 3.63) is 59.2 Å². The minimum Gasteiger partial charge on any atom is -0.356 e. The molecule has 0 unspecified atom stereocenters. The molecule has 1 aromatic carbocycles. The molecule has 1 N–H and O–H groups in total. The van der Waals surface area contributed by atoms with Crippen LogP contribution in [0.2, 0.25) is 0 Å². The third kappa shape index (κ3) is 3.31. The lowest BCUT2D eigenvalue weighted by Crippen LogP contribution is -2.26. The molecular weight excluding hydrogens is 326 g/mol. The summed E-state index contributed by atoms with van der Waals surface area (Å²) < 4.78 is 1.73. The number of aryl methyl sites for hydroxylation is 2. The van der Waals surface area contributed by atoms with Gasteiger partial charge in [0.25, 0.3) is 5.78 Å². The van der Waals surface area contributed by atoms with Crippen LogP contribution in [-0.2, 0) is 11.2 Å². The van der Waals surface area contributed by atoms with Crippen LogP contribution in [0.5, 0.6) is 0 Å². The topological polar surface area (TPSA) is 72.2 Å². The van der Waals surface area contributed by atoms with Crippen molar-refractivity contribution in [2.45, 2.75) is 39.0 Å². The number of carbonyl (C=O) groups excluding carboxylic acids is 1. The lowest BCUT2D eigenvalue weighted by atomic mass is 10.1. The second-order valence-corrected chi connectivity index (χ2v) is 7.05. The van der Waals surface area contributed by atoms with E-state index in [2.05, 4.69) is 44.6 Å². The summed E-state index contributed by atoms with van der Waals surface area (Å²) in [6, 6.07) is 10.5. The molecule has 0 spiro atoms. The molecule has 1 saturated carbocycles. The summed E-state index contributed by atoms with van der Waals surface area (Å²) >= 11 is 0. The summed E-state index contributed by atoms with van der Waals surface area (Å²) in [6.45, 7) is 4.72. The van der Waals surface area contributed by atoms with Crippen molar-refractivity contribution in [1.82, 2.24) is 24.9 Å². The van der Waals surface area contributed by atoms with Gasteiger partial charge in [-0.3, -0.25) is 4.79 Å². The maximum Gasteiger partial charge on any atom is 0.252 e. The van der Waals surface area contributed by atoms with Gasteiger partial charge in [-0.05, 0) is 49.7 Å². The molecule has 0 bridgehead atoms. The molecule has 3 aromatic rings. The van der Waals surface area contributed by atoms with E-state index < -0.39 is 0 Å². The normalized spacial score (nSPS) is 18.8. The number of hydrogen-bond acceptors (Lipinski definition) is 4. The van der Waals surface area contributed by atoms with Gasteiger partial charge in [-0.1, -0.05) is 30.3 Å². The van der Waals surface area contributed by atoms with Crippen molar-refractivity contribution in [1.29, 1.82) is 0 Å². The number of carbonyl (C=O) groups is 1. The minimum atomic E-state index is 0.0983. The fraction of sp³-hybridized carbons (Fsp3) is 0.400. The molecule has 2 atom stereocenters. The van der Waals surface area contributed by atoms with Crippen molar-refractivity contribution < 1.29 is 4.79 Å². The van der Waals surface area contributed by atoms with Gasteiger partial charge in [-0.25, -0.2) is 9.50 Å². The molecule has 1 aliphatic rings. The quantitative estimate of drug-likeness (QED) is 0.742. The van der Waals surface area contributed by atoms with Crippen LogP contribution in [-0.4, -0.2) is 32.0 Å². The highest BCUT2D eigenvalue weighted by atomic mass is 16.1. The first kappa shape index (κ1) is 16.7. The van der Waals surface area contributed by atoms with Crippen LogP contribution >= 0.6 is 0 Å². The van der Waals surface area contributed by atoms with E-state index in [-0.39, 0.29) is 5.91 Å². The lowest BCUT2D eigenvalue weighted by molar-refractivity contribution is -0.121. The first-order valence-electron chi connectivity index (χ1n) is 9.11. The Labute approximate surface area is 152 Å². The number of hydrogen-bond donors (Lipinski definition) is 1. The van der Waals surface area contributed by atoms with Crippen LogP contribution in [0.15, 0.2) is 36.7 Å². The SMILES string of the molecule is Cc1nc2ncnn2c(C)c1CCC(=O)NC[C@H]1C[C@H]1c1ccccc1. The fourth-order valence-electron chi connectivity index (χ4n) is 3.67. The average Bonchev–Trinajstić information content (AvgIpc) is 3.28. The maximum atomic E-state index is 12.3. The van der Waals surface area contributed by atoms with Gasteiger partial charge in [-0.2, -0.15) is 10.1 Å². The molecule has 26 heavy (non-hydrogen) atoms. The summed E-state index contributed by atoms with van der Waals surface area (Å²) in [5.74, 6) is 1.87. The third-order valence-corrected chi connectivity index (χ3v) is 5.30. The maximum absolute atomic E-state index is 12.3. The molecule has 1 aliphatic carbocycles. The van der Waals surface area contributed by atoms with E-state index in [1.165, 1.54) is 11.9 Å². The summed E-state index contributed by atoms with van der Waals surface area (Å²) in [6.07, 6.45) is 3.80. The second kappa shape index (κ2) is 6.86. The van der Waals surface area contributed by atoms with Gasteiger partial charge in [0.1, 0.15) is 6.33 Å². The Kier molecular flexibility index (Phi) is 4.41. The molecule has 2 aromatic heterocycles. The fourth-order valence-corrected chi connectivity index (χ4v) is 3.67. The standard InChI is InChI=1S/C20H23N5O/c1-13-17(14(2)25-20(24-13)22-12-23-25)8-9-19(26)21-11-16-10-18(16)15-6-4-3-5-7-15/h3-7,12,16,18H,8-11H2,1-2H3,(H,21,26)/t16-,18+/m1/s1. The summed E-state index contributed by atoms with van der Waals surface area (Å²) in [5, 5.41) is 7.29. The number of nitrogens with zero attached hydrogens (tertiary/aromatic N) is 4. The summed E-state index contributed by atoms with van der Waals surface area (Å²) in [5.41, 5.74) is 4.38. The molecule has 1 fully saturated rings. The van der Waals surface area contributed by atoms with E-state index in [1.807, 2.05) is 19.9 Å². The van der Waals surface area contributed by atoms with Crippen LogP contribution in [0.3, 0.4) is 0 Å². The number of nitrogens with one attached hydrogen (secondary N) is 1. The molecular formula is C20H23N5O. The first-order valence-corrected chi connectivity index (χ1v) is 9.11. The van der Waals surface area contributed by atoms with Crippen LogP contribution in [0.4, 0.5) is 0 Å². The smallest absolute Gasteiger partial charge is 0.252 e. The summed E-state index contributed by atoms with van der Waals surface area (Å²) in [4.78, 5) is 20.8. The molecule has 0 saturated heterocycles. The largest absolute Gasteiger partial charge is 0.356 e. The van der Waals surface area contributed by atoms with Crippen molar-refractivity contribution in [2.75, 3.05) is 6.54 Å². The van der Waals surface area contributed by atoms with Gasteiger partial charge < -0.3 is 5.32 Å². The van der Waals surface area contributed by atoms with Gasteiger partial charge in [0.05, 0.1) is 0 Å². The van der Waals surface area contributed by atoms with Crippen LogP contribution in [0.25, 0.3) is 5.78 Å². The second-order valence-electron chi connectivity index (χ2n) is 7.05. The number of benzene rings is 1. The predicted octanol–water partition coefficient (Wildman–Crippen LogP) is 2.59. The average molecular weight is 349 g/mol. The Balaban J connectivity index is 1.30. The number of fused-ring (bicyclic) bond motifs is 1. The Hall–Kier alpha value is -2.76. The minimum absolute atomic E-state index is 0.0983. The van der Waals surface area contributed by atoms with Gasteiger partial charge in [0.2, 0.25) is 5.91 Å². The number of amides is 1. The zero-order valence-corrected chi connectivity index (χ0v) is 15.1. The van der Waals surface area contributed by atoms with E-state index in [0.29, 0.717) is 30.5 Å². The van der Waals surface area contributed by atoms with Gasteiger partial charge >= 0.3 is 0 Å². The molecule has 0 radical (unpaired) electrons. The van der Waals surface area contributed by atoms with Crippen LogP contribution in [0, 0.1) is 19.8 Å². The monoisotopic (exact) mass is 349 g/mol. The van der Waals surface area contributed by atoms with E-state index >= 15 is 0 Å². The highest BCUT2D eigenvalue weighted by molar-refractivity contribution is 5.76. The zero-order valence-electron chi connectivity index (χ0n) is 15.1. The Morgan fingerprint density at radius 2 is 2.08 bits per heavy atom.